The molecule has 0 fully saturated rings. The largest absolute Gasteiger partial charge is 0.256 e. The first-order valence-electron chi connectivity index (χ1n) is 10.2. The van der Waals surface area contributed by atoms with Gasteiger partial charge in [0.1, 0.15) is 5.82 Å². The van der Waals surface area contributed by atoms with Crippen LogP contribution in [0.5, 0.6) is 0 Å². The van der Waals surface area contributed by atoms with Crippen molar-refractivity contribution in [3.8, 4) is 11.3 Å². The molecule has 0 N–H and O–H groups in total. The van der Waals surface area contributed by atoms with Crippen molar-refractivity contribution in [3.63, 3.8) is 0 Å². The van der Waals surface area contributed by atoms with E-state index in [9.17, 15) is 4.39 Å². The van der Waals surface area contributed by atoms with Crippen molar-refractivity contribution >= 4 is 21.5 Å². The molecular weight excluding hydrogens is 285 g/mol. The Balaban J connectivity index is 2.13. The van der Waals surface area contributed by atoms with Crippen molar-refractivity contribution in [3.05, 3.63) is 77.7 Å². The number of pyridine rings is 1. The van der Waals surface area contributed by atoms with Crippen LogP contribution in [0.1, 0.15) is 19.4 Å². The van der Waals surface area contributed by atoms with Gasteiger partial charge in [-0.15, -0.1) is 0 Å². The van der Waals surface area contributed by atoms with Crippen molar-refractivity contribution in [2.75, 3.05) is 0 Å². The minimum atomic E-state index is -2.49. The molecule has 0 aliphatic rings. The maximum atomic E-state index is 14.7. The molecule has 4 aromatic rings. The highest BCUT2D eigenvalue weighted by molar-refractivity contribution is 6.13. The molecule has 0 spiro atoms. The van der Waals surface area contributed by atoms with Crippen LogP contribution >= 0.6 is 0 Å². The van der Waals surface area contributed by atoms with Crippen LogP contribution in [0.15, 0.2) is 60.8 Å². The lowest BCUT2D eigenvalue weighted by atomic mass is 9.96. The summed E-state index contributed by atoms with van der Waals surface area (Å²) in [4.78, 5) is 4.38. The van der Waals surface area contributed by atoms with Gasteiger partial charge >= 0.3 is 0 Å². The number of halogens is 1. The monoisotopic (exact) mass is 307 g/mol. The number of fused-ring (bicyclic) bond motifs is 3. The SMILES string of the molecule is [2H]C([2H])([2H])c1cc(-c2nccc3c(F)cc4ccccc4c23)cc(C([2H])([2H])[2H])c1. The maximum Gasteiger partial charge on any atom is 0.131 e. The summed E-state index contributed by atoms with van der Waals surface area (Å²) < 4.78 is 61.1. The normalized spacial score (nSPS) is 16.2. The molecule has 0 atom stereocenters. The van der Waals surface area contributed by atoms with E-state index in [-0.39, 0.29) is 11.1 Å². The Bertz CT molecular complexity index is 1210. The molecule has 0 aliphatic heterocycles. The molecule has 0 amide bonds. The summed E-state index contributed by atoms with van der Waals surface area (Å²) >= 11 is 0. The van der Waals surface area contributed by atoms with Crippen molar-refractivity contribution in [2.24, 2.45) is 0 Å². The Hall–Kier alpha value is -2.74. The van der Waals surface area contributed by atoms with E-state index < -0.39 is 19.5 Å². The highest BCUT2D eigenvalue weighted by Gasteiger charge is 2.13. The lowest BCUT2D eigenvalue weighted by Crippen LogP contribution is -1.91. The first-order chi connectivity index (χ1) is 13.6. The third-order valence-corrected chi connectivity index (χ3v) is 3.93. The van der Waals surface area contributed by atoms with Crippen LogP contribution in [-0.4, -0.2) is 4.98 Å². The Labute approximate surface area is 142 Å². The standard InChI is InChI=1S/C21H16FN/c1-13-9-14(2)11-16(10-13)21-20-17-6-4-3-5-15(17)12-19(22)18(20)7-8-23-21/h3-12H,1-2H3/i1D3,2D3. The van der Waals surface area contributed by atoms with E-state index >= 15 is 0 Å². The van der Waals surface area contributed by atoms with E-state index in [4.69, 9.17) is 8.22 Å². The van der Waals surface area contributed by atoms with E-state index in [1.165, 1.54) is 30.5 Å². The number of aromatic nitrogens is 1. The fraction of sp³-hybridized carbons (Fsp3) is 0.0952. The maximum absolute atomic E-state index is 14.7. The van der Waals surface area contributed by atoms with Gasteiger partial charge in [0, 0.05) is 30.8 Å². The summed E-state index contributed by atoms with van der Waals surface area (Å²) in [5, 5.41) is 2.28. The molecule has 0 saturated carbocycles. The van der Waals surface area contributed by atoms with E-state index in [0.717, 1.165) is 5.39 Å². The number of nitrogens with zero attached hydrogens (tertiary/aromatic N) is 1. The second-order valence-electron chi connectivity index (χ2n) is 5.46. The topological polar surface area (TPSA) is 12.9 Å². The predicted molar refractivity (Wildman–Crippen MR) is 94.1 cm³/mol. The van der Waals surface area contributed by atoms with E-state index in [2.05, 4.69) is 4.98 Å². The van der Waals surface area contributed by atoms with Crippen LogP contribution in [0.3, 0.4) is 0 Å². The number of rotatable bonds is 1. The molecule has 1 heterocycles. The van der Waals surface area contributed by atoms with E-state index in [1.807, 2.05) is 12.1 Å². The van der Waals surface area contributed by atoms with E-state index in [0.29, 0.717) is 27.4 Å². The van der Waals surface area contributed by atoms with Crippen LogP contribution in [0.25, 0.3) is 32.8 Å². The van der Waals surface area contributed by atoms with Gasteiger partial charge < -0.3 is 0 Å². The molecule has 23 heavy (non-hydrogen) atoms. The summed E-state index contributed by atoms with van der Waals surface area (Å²) in [6.45, 7) is -4.98. The first-order valence-corrected chi connectivity index (χ1v) is 7.18. The third-order valence-electron chi connectivity index (χ3n) is 3.93. The average Bonchev–Trinajstić information content (AvgIpc) is 2.66. The molecule has 3 aromatic carbocycles. The van der Waals surface area contributed by atoms with Gasteiger partial charge in [-0.1, -0.05) is 41.5 Å². The smallest absolute Gasteiger partial charge is 0.131 e. The molecule has 2 heteroatoms. The molecule has 0 aliphatic carbocycles. The number of aryl methyl sites for hydroxylation is 2. The van der Waals surface area contributed by atoms with Crippen LogP contribution in [0.2, 0.25) is 0 Å². The lowest BCUT2D eigenvalue weighted by Gasteiger charge is -2.11. The van der Waals surface area contributed by atoms with Crippen LogP contribution < -0.4 is 0 Å². The predicted octanol–water partition coefficient (Wildman–Crippen LogP) is 5.81. The van der Waals surface area contributed by atoms with Gasteiger partial charge in [0.25, 0.3) is 0 Å². The number of hydrogen-bond acceptors (Lipinski definition) is 1. The molecule has 0 unspecified atom stereocenters. The van der Waals surface area contributed by atoms with Crippen molar-refractivity contribution in [2.45, 2.75) is 13.7 Å². The van der Waals surface area contributed by atoms with E-state index in [1.54, 1.807) is 18.2 Å². The summed E-state index contributed by atoms with van der Waals surface area (Å²) in [6, 6.07) is 14.2. The molecule has 4 rings (SSSR count). The second-order valence-corrected chi connectivity index (χ2v) is 5.46. The molecule has 112 valence electrons. The Morgan fingerprint density at radius 1 is 0.913 bits per heavy atom. The summed E-state index contributed by atoms with van der Waals surface area (Å²) in [6.07, 6.45) is 1.44. The van der Waals surface area contributed by atoms with Gasteiger partial charge in [0.15, 0.2) is 0 Å². The first kappa shape index (κ1) is 8.78. The third kappa shape index (κ3) is 2.27. The zero-order chi connectivity index (χ0) is 21.0. The van der Waals surface area contributed by atoms with Crippen molar-refractivity contribution < 1.29 is 12.6 Å². The van der Waals surface area contributed by atoms with Gasteiger partial charge in [-0.2, -0.15) is 0 Å². The summed E-state index contributed by atoms with van der Waals surface area (Å²) in [5.41, 5.74) is 0.474. The minimum Gasteiger partial charge on any atom is -0.256 e. The summed E-state index contributed by atoms with van der Waals surface area (Å²) in [5.74, 6) is -0.426. The fourth-order valence-corrected chi connectivity index (χ4v) is 2.98. The Kier molecular flexibility index (Phi) is 1.97. The number of hydrogen-bond donors (Lipinski definition) is 0. The average molecular weight is 307 g/mol. The zero-order valence-electron chi connectivity index (χ0n) is 18.1. The van der Waals surface area contributed by atoms with Gasteiger partial charge in [0.2, 0.25) is 0 Å². The number of benzene rings is 3. The van der Waals surface area contributed by atoms with Crippen molar-refractivity contribution in [1.82, 2.24) is 4.98 Å². The molecular formula is C21H16FN. The molecule has 1 nitrogen and oxygen atoms in total. The quantitative estimate of drug-likeness (QED) is 0.404. The lowest BCUT2D eigenvalue weighted by molar-refractivity contribution is 0.641. The molecule has 0 radical (unpaired) electrons. The van der Waals surface area contributed by atoms with Gasteiger partial charge in [0.05, 0.1) is 5.69 Å². The van der Waals surface area contributed by atoms with Crippen molar-refractivity contribution in [1.29, 1.82) is 0 Å². The van der Waals surface area contributed by atoms with Gasteiger partial charge in [-0.05, 0) is 48.7 Å². The van der Waals surface area contributed by atoms with Crippen LogP contribution in [0.4, 0.5) is 4.39 Å². The molecule has 0 saturated heterocycles. The second kappa shape index (κ2) is 5.17. The molecule has 1 aromatic heterocycles. The summed E-state index contributed by atoms with van der Waals surface area (Å²) in [7, 11) is 0. The molecule has 0 bridgehead atoms. The Morgan fingerprint density at radius 2 is 1.70 bits per heavy atom. The van der Waals surface area contributed by atoms with Gasteiger partial charge in [-0.3, -0.25) is 4.98 Å². The highest BCUT2D eigenvalue weighted by Crippen LogP contribution is 2.35. The fourth-order valence-electron chi connectivity index (χ4n) is 2.98. The minimum absolute atomic E-state index is 0.0966. The van der Waals surface area contributed by atoms with Crippen LogP contribution in [-0.2, 0) is 0 Å². The Morgan fingerprint density at radius 3 is 2.48 bits per heavy atom. The zero-order valence-corrected chi connectivity index (χ0v) is 12.1. The highest BCUT2D eigenvalue weighted by atomic mass is 19.1. The van der Waals surface area contributed by atoms with Crippen LogP contribution in [0, 0.1) is 19.5 Å². The van der Waals surface area contributed by atoms with Gasteiger partial charge in [-0.25, -0.2) is 4.39 Å².